The van der Waals surface area contributed by atoms with Crippen molar-refractivity contribution < 1.29 is 24.5 Å². The average molecular weight is 385 g/mol. The number of nitrogens with one attached hydrogen (secondary N) is 1. The van der Waals surface area contributed by atoms with Gasteiger partial charge in [0.1, 0.15) is 17.2 Å². The van der Waals surface area contributed by atoms with Crippen LogP contribution in [0.4, 0.5) is 0 Å². The monoisotopic (exact) mass is 385 g/mol. The predicted molar refractivity (Wildman–Crippen MR) is 106 cm³/mol. The third-order valence-corrected chi connectivity index (χ3v) is 5.27. The van der Waals surface area contributed by atoms with E-state index >= 15 is 0 Å². The first-order valence-electron chi connectivity index (χ1n) is 9.54. The summed E-state index contributed by atoms with van der Waals surface area (Å²) in [7, 11) is 1.63. The van der Waals surface area contributed by atoms with Crippen LogP contribution in [-0.4, -0.2) is 42.0 Å². The summed E-state index contributed by atoms with van der Waals surface area (Å²) in [5.41, 5.74) is -0.430. The van der Waals surface area contributed by atoms with Gasteiger partial charge in [-0.3, -0.25) is 4.79 Å². The molecule has 3 N–H and O–H groups in total. The van der Waals surface area contributed by atoms with Gasteiger partial charge in [-0.05, 0) is 68.0 Å². The van der Waals surface area contributed by atoms with E-state index in [1.165, 1.54) is 12.1 Å². The molecule has 1 saturated carbocycles. The number of carbonyl (C=O) groups is 1. The number of amides is 1. The summed E-state index contributed by atoms with van der Waals surface area (Å²) in [5, 5.41) is 22.9. The zero-order valence-corrected chi connectivity index (χ0v) is 16.1. The van der Waals surface area contributed by atoms with Crippen LogP contribution < -0.4 is 14.8 Å². The molecule has 1 amide bonds. The van der Waals surface area contributed by atoms with E-state index < -0.39 is 5.60 Å². The van der Waals surface area contributed by atoms with Gasteiger partial charge < -0.3 is 25.0 Å². The molecule has 1 aliphatic carbocycles. The van der Waals surface area contributed by atoms with Crippen LogP contribution in [0.25, 0.3) is 0 Å². The first-order valence-corrected chi connectivity index (χ1v) is 9.54. The van der Waals surface area contributed by atoms with Gasteiger partial charge in [0.15, 0.2) is 0 Å². The Balaban J connectivity index is 1.43. The molecule has 2 aromatic rings. The summed E-state index contributed by atoms with van der Waals surface area (Å²) in [6.07, 6.45) is 2.93. The molecule has 0 aromatic heterocycles. The van der Waals surface area contributed by atoms with Crippen LogP contribution in [0.1, 0.15) is 36.0 Å². The van der Waals surface area contributed by atoms with Crippen molar-refractivity contribution in [2.75, 3.05) is 20.3 Å². The quantitative estimate of drug-likeness (QED) is 0.682. The van der Waals surface area contributed by atoms with Crippen LogP contribution in [0.3, 0.4) is 0 Å². The maximum Gasteiger partial charge on any atom is 0.251 e. The minimum absolute atomic E-state index is 0.115. The molecule has 6 heteroatoms. The number of methoxy groups -OCH3 is 1. The van der Waals surface area contributed by atoms with Gasteiger partial charge in [0.05, 0.1) is 19.3 Å². The van der Waals surface area contributed by atoms with Gasteiger partial charge in [-0.2, -0.15) is 0 Å². The smallest absolute Gasteiger partial charge is 0.251 e. The van der Waals surface area contributed by atoms with E-state index in [1.807, 2.05) is 24.3 Å². The lowest BCUT2D eigenvalue weighted by molar-refractivity contribution is -0.0129. The first kappa shape index (κ1) is 20.0. The van der Waals surface area contributed by atoms with E-state index in [-0.39, 0.29) is 18.2 Å². The van der Waals surface area contributed by atoms with Gasteiger partial charge in [0, 0.05) is 18.2 Å². The molecule has 0 bridgehead atoms. The van der Waals surface area contributed by atoms with E-state index in [4.69, 9.17) is 9.47 Å². The maximum atomic E-state index is 12.2. The summed E-state index contributed by atoms with van der Waals surface area (Å²) in [6, 6.07) is 13.6. The molecule has 28 heavy (non-hydrogen) atoms. The number of phenols is 1. The number of aromatic hydroxyl groups is 1. The Labute approximate surface area is 165 Å². The fraction of sp³-hybridized carbons (Fsp3) is 0.409. The summed E-state index contributed by atoms with van der Waals surface area (Å²) >= 11 is 0. The Kier molecular flexibility index (Phi) is 6.41. The third-order valence-electron chi connectivity index (χ3n) is 5.27. The minimum atomic E-state index is -0.890. The number of ether oxygens (including phenoxy) is 2. The van der Waals surface area contributed by atoms with Gasteiger partial charge in [-0.15, -0.1) is 0 Å². The zero-order chi connectivity index (χ0) is 20.0. The molecular weight excluding hydrogens is 358 g/mol. The maximum absolute atomic E-state index is 12.2. The molecule has 0 heterocycles. The van der Waals surface area contributed by atoms with Crippen LogP contribution in [0.2, 0.25) is 0 Å². The highest BCUT2D eigenvalue weighted by Crippen LogP contribution is 2.32. The van der Waals surface area contributed by atoms with Gasteiger partial charge in [0.2, 0.25) is 0 Å². The SMILES string of the molecule is COc1cccc(OC[C@H]2CC[C@@](O)(CNC(=O)c3ccc(O)cc3)CC2)c1. The summed E-state index contributed by atoms with van der Waals surface area (Å²) in [6.45, 7) is 0.819. The van der Waals surface area contributed by atoms with Crippen molar-refractivity contribution in [1.82, 2.24) is 5.32 Å². The van der Waals surface area contributed by atoms with Crippen LogP contribution in [0.5, 0.6) is 17.2 Å². The lowest BCUT2D eigenvalue weighted by atomic mass is 9.79. The fourth-order valence-corrected chi connectivity index (χ4v) is 3.42. The molecule has 0 unspecified atom stereocenters. The third kappa shape index (κ3) is 5.39. The second-order valence-electron chi connectivity index (χ2n) is 7.39. The Hall–Kier alpha value is -2.73. The van der Waals surface area contributed by atoms with Crippen molar-refractivity contribution in [3.05, 3.63) is 54.1 Å². The Morgan fingerprint density at radius 1 is 1.14 bits per heavy atom. The predicted octanol–water partition coefficient (Wildman–Crippen LogP) is 3.13. The van der Waals surface area contributed by atoms with Crippen LogP contribution >= 0.6 is 0 Å². The van der Waals surface area contributed by atoms with Gasteiger partial charge in [-0.25, -0.2) is 0 Å². The van der Waals surface area contributed by atoms with Gasteiger partial charge >= 0.3 is 0 Å². The first-order chi connectivity index (χ1) is 13.5. The van der Waals surface area contributed by atoms with E-state index in [1.54, 1.807) is 19.2 Å². The number of phenolic OH excluding ortho intramolecular Hbond substituents is 1. The number of benzene rings is 2. The largest absolute Gasteiger partial charge is 0.508 e. The summed E-state index contributed by atoms with van der Waals surface area (Å²) < 4.78 is 11.1. The fourth-order valence-electron chi connectivity index (χ4n) is 3.42. The molecule has 0 aliphatic heterocycles. The molecule has 1 aliphatic rings. The van der Waals surface area contributed by atoms with E-state index in [9.17, 15) is 15.0 Å². The normalized spacial score (nSPS) is 21.7. The molecule has 0 spiro atoms. The molecule has 0 radical (unpaired) electrons. The number of hydrogen-bond acceptors (Lipinski definition) is 5. The number of aliphatic hydroxyl groups is 1. The van der Waals surface area contributed by atoms with Crippen molar-refractivity contribution in [2.24, 2.45) is 5.92 Å². The number of carbonyl (C=O) groups excluding carboxylic acids is 1. The van der Waals surface area contributed by atoms with Crippen molar-refractivity contribution >= 4 is 5.91 Å². The number of rotatable bonds is 7. The van der Waals surface area contributed by atoms with Crippen LogP contribution in [0.15, 0.2) is 48.5 Å². The highest BCUT2D eigenvalue weighted by molar-refractivity contribution is 5.94. The second-order valence-corrected chi connectivity index (χ2v) is 7.39. The van der Waals surface area contributed by atoms with Gasteiger partial charge in [0.25, 0.3) is 5.91 Å². The molecule has 3 rings (SSSR count). The zero-order valence-electron chi connectivity index (χ0n) is 16.1. The van der Waals surface area contributed by atoms with Crippen LogP contribution in [0, 0.1) is 5.92 Å². The lowest BCUT2D eigenvalue weighted by Gasteiger charge is -2.36. The summed E-state index contributed by atoms with van der Waals surface area (Å²) in [5.74, 6) is 1.78. The van der Waals surface area contributed by atoms with Crippen molar-refractivity contribution in [3.63, 3.8) is 0 Å². The Bertz CT molecular complexity index is 782. The molecule has 150 valence electrons. The van der Waals surface area contributed by atoms with E-state index in [0.29, 0.717) is 30.9 Å². The molecule has 6 nitrogen and oxygen atoms in total. The second kappa shape index (κ2) is 8.97. The molecule has 0 saturated heterocycles. The Morgan fingerprint density at radius 3 is 2.50 bits per heavy atom. The molecule has 2 aromatic carbocycles. The summed E-state index contributed by atoms with van der Waals surface area (Å²) in [4.78, 5) is 12.2. The highest BCUT2D eigenvalue weighted by atomic mass is 16.5. The van der Waals surface area contributed by atoms with Crippen molar-refractivity contribution in [3.8, 4) is 17.2 Å². The molecular formula is C22H27NO5. The molecule has 1 fully saturated rings. The van der Waals surface area contributed by atoms with E-state index in [0.717, 1.165) is 24.3 Å². The Morgan fingerprint density at radius 2 is 1.82 bits per heavy atom. The van der Waals surface area contributed by atoms with Crippen LogP contribution in [-0.2, 0) is 0 Å². The minimum Gasteiger partial charge on any atom is -0.508 e. The van der Waals surface area contributed by atoms with Gasteiger partial charge in [-0.1, -0.05) is 6.07 Å². The van der Waals surface area contributed by atoms with Crippen molar-refractivity contribution in [2.45, 2.75) is 31.3 Å². The van der Waals surface area contributed by atoms with Crippen molar-refractivity contribution in [1.29, 1.82) is 0 Å². The average Bonchev–Trinajstić information content (AvgIpc) is 2.72. The van der Waals surface area contributed by atoms with E-state index in [2.05, 4.69) is 5.32 Å². The number of hydrogen-bond donors (Lipinski definition) is 3. The lowest BCUT2D eigenvalue weighted by Crippen LogP contribution is -2.45. The topological polar surface area (TPSA) is 88.0 Å². The molecule has 0 atom stereocenters. The standard InChI is InChI=1S/C22H27NO5/c1-27-19-3-2-4-20(13-19)28-14-16-9-11-22(26,12-10-16)15-23-21(25)17-5-7-18(24)8-6-17/h2-8,13,16,24,26H,9-12,14-15H2,1H3,(H,23,25)/t16-,22-. The highest BCUT2D eigenvalue weighted by Gasteiger charge is 2.33.